The van der Waals surface area contributed by atoms with Crippen LogP contribution in [-0.4, -0.2) is 25.2 Å². The summed E-state index contributed by atoms with van der Waals surface area (Å²) in [6.07, 6.45) is 3.38. The van der Waals surface area contributed by atoms with Crippen molar-refractivity contribution in [2.45, 2.75) is 46.1 Å². The number of carbonyl (C=O) groups excluding carboxylic acids is 2. The molecular weight excluding hydrogens is 356 g/mol. The van der Waals surface area contributed by atoms with Gasteiger partial charge in [0.2, 0.25) is 0 Å². The van der Waals surface area contributed by atoms with Crippen molar-refractivity contribution >= 4 is 11.9 Å². The monoisotopic (exact) mass is 384 g/mol. The van der Waals surface area contributed by atoms with Crippen molar-refractivity contribution < 1.29 is 23.8 Å². The van der Waals surface area contributed by atoms with Gasteiger partial charge in [0.25, 0.3) is 0 Å². The van der Waals surface area contributed by atoms with Gasteiger partial charge in [-0.05, 0) is 31.0 Å². The van der Waals surface area contributed by atoms with E-state index in [4.69, 9.17) is 14.2 Å². The summed E-state index contributed by atoms with van der Waals surface area (Å²) in [5, 5.41) is 0. The van der Waals surface area contributed by atoms with Crippen LogP contribution in [0.15, 0.2) is 48.5 Å². The van der Waals surface area contributed by atoms with Crippen molar-refractivity contribution in [1.29, 1.82) is 0 Å². The third-order valence-corrected chi connectivity index (χ3v) is 4.17. The van der Waals surface area contributed by atoms with Gasteiger partial charge in [0.15, 0.2) is 0 Å². The Bertz CT molecular complexity index is 755. The summed E-state index contributed by atoms with van der Waals surface area (Å²) in [5.74, 6) is -0.357. The first-order valence-corrected chi connectivity index (χ1v) is 9.81. The van der Waals surface area contributed by atoms with Crippen molar-refractivity contribution in [3.63, 3.8) is 0 Å². The molecule has 0 radical (unpaired) electrons. The van der Waals surface area contributed by atoms with Gasteiger partial charge in [-0.15, -0.1) is 0 Å². The molecule has 0 aliphatic heterocycles. The number of hydrogen-bond acceptors (Lipinski definition) is 5. The molecule has 2 aromatic carbocycles. The number of rotatable bonds is 11. The molecule has 5 nitrogen and oxygen atoms in total. The van der Waals surface area contributed by atoms with Crippen LogP contribution in [0.1, 0.15) is 65.8 Å². The molecule has 0 N–H and O–H groups in total. The highest BCUT2D eigenvalue weighted by molar-refractivity contribution is 6.04. The second-order valence-corrected chi connectivity index (χ2v) is 6.42. The number of para-hydroxylation sites is 1. The molecule has 2 aromatic rings. The summed E-state index contributed by atoms with van der Waals surface area (Å²) < 4.78 is 16.5. The van der Waals surface area contributed by atoms with E-state index >= 15 is 0 Å². The summed E-state index contributed by atoms with van der Waals surface area (Å²) in [4.78, 5) is 25.3. The fourth-order valence-corrected chi connectivity index (χ4v) is 2.58. The number of carbonyl (C=O) groups is 2. The standard InChI is InChI=1S/C23H28O5/c1-3-5-15-26-22(24)20-14-10-11-18(17-28-19-12-8-7-9-13-19)21(20)23(25)27-16-6-4-2/h7-14H,3-6,15-17H2,1-2H3. The van der Waals surface area contributed by atoms with Gasteiger partial charge in [0.1, 0.15) is 12.4 Å². The largest absolute Gasteiger partial charge is 0.489 e. The van der Waals surface area contributed by atoms with E-state index in [2.05, 4.69) is 0 Å². The van der Waals surface area contributed by atoms with Crippen LogP contribution in [0.4, 0.5) is 0 Å². The molecule has 0 unspecified atom stereocenters. The fourth-order valence-electron chi connectivity index (χ4n) is 2.58. The minimum Gasteiger partial charge on any atom is -0.489 e. The third-order valence-electron chi connectivity index (χ3n) is 4.17. The summed E-state index contributed by atoms with van der Waals surface area (Å²) >= 11 is 0. The first kappa shape index (κ1) is 21.5. The predicted molar refractivity (Wildman–Crippen MR) is 108 cm³/mol. The topological polar surface area (TPSA) is 61.8 Å². The van der Waals surface area contributed by atoms with Gasteiger partial charge < -0.3 is 14.2 Å². The maximum Gasteiger partial charge on any atom is 0.339 e. The van der Waals surface area contributed by atoms with Crippen molar-refractivity contribution in [3.8, 4) is 5.75 Å². The maximum absolute atomic E-state index is 12.7. The molecule has 28 heavy (non-hydrogen) atoms. The molecule has 0 saturated carbocycles. The van der Waals surface area contributed by atoms with Crippen molar-refractivity contribution in [2.24, 2.45) is 0 Å². The quantitative estimate of drug-likeness (QED) is 0.395. The number of benzene rings is 2. The smallest absolute Gasteiger partial charge is 0.339 e. The van der Waals surface area contributed by atoms with E-state index in [0.29, 0.717) is 24.5 Å². The maximum atomic E-state index is 12.7. The van der Waals surface area contributed by atoms with Crippen molar-refractivity contribution in [3.05, 3.63) is 65.2 Å². The molecule has 5 heteroatoms. The molecule has 150 valence electrons. The fraction of sp³-hybridized carbons (Fsp3) is 0.391. The van der Waals surface area contributed by atoms with Gasteiger partial charge in [-0.3, -0.25) is 0 Å². The number of unbranched alkanes of at least 4 members (excludes halogenated alkanes) is 2. The lowest BCUT2D eigenvalue weighted by Gasteiger charge is -2.14. The van der Waals surface area contributed by atoms with Gasteiger partial charge in [-0.25, -0.2) is 9.59 Å². The SMILES string of the molecule is CCCCOC(=O)c1cccc(COc2ccccc2)c1C(=O)OCCCC. The summed E-state index contributed by atoms with van der Waals surface area (Å²) in [7, 11) is 0. The van der Waals surface area contributed by atoms with Crippen molar-refractivity contribution in [2.75, 3.05) is 13.2 Å². The summed E-state index contributed by atoms with van der Waals surface area (Å²) in [5.41, 5.74) is 1.03. The van der Waals surface area contributed by atoms with Gasteiger partial charge in [-0.1, -0.05) is 57.0 Å². The number of hydrogen-bond donors (Lipinski definition) is 0. The second-order valence-electron chi connectivity index (χ2n) is 6.42. The van der Waals surface area contributed by atoms with Gasteiger partial charge in [-0.2, -0.15) is 0 Å². The second kappa shape index (κ2) is 11.8. The van der Waals surface area contributed by atoms with Gasteiger partial charge in [0, 0.05) is 5.56 Å². The molecule has 0 aliphatic rings. The molecule has 0 saturated heterocycles. The lowest BCUT2D eigenvalue weighted by Crippen LogP contribution is -2.18. The summed E-state index contributed by atoms with van der Waals surface area (Å²) in [6.45, 7) is 4.83. The highest BCUT2D eigenvalue weighted by Crippen LogP contribution is 2.21. The zero-order valence-corrected chi connectivity index (χ0v) is 16.6. The zero-order chi connectivity index (χ0) is 20.2. The van der Waals surface area contributed by atoms with E-state index < -0.39 is 11.9 Å². The Kier molecular flexibility index (Phi) is 9.05. The molecule has 0 amide bonds. The minimum absolute atomic E-state index is 0.151. The van der Waals surface area contributed by atoms with Crippen LogP contribution < -0.4 is 4.74 Å². The van der Waals surface area contributed by atoms with Crippen molar-refractivity contribution in [1.82, 2.24) is 0 Å². The molecular formula is C23H28O5. The average molecular weight is 384 g/mol. The summed E-state index contributed by atoms with van der Waals surface area (Å²) in [6, 6.07) is 14.4. The lowest BCUT2D eigenvalue weighted by molar-refractivity contribution is 0.0450. The zero-order valence-electron chi connectivity index (χ0n) is 16.6. The van der Waals surface area contributed by atoms with E-state index in [1.165, 1.54) is 0 Å². The first-order chi connectivity index (χ1) is 13.7. The molecule has 0 aliphatic carbocycles. The van der Waals surface area contributed by atoms with E-state index in [1.807, 2.05) is 44.2 Å². The molecule has 2 rings (SSSR count). The van der Waals surface area contributed by atoms with E-state index in [-0.39, 0.29) is 17.7 Å². The first-order valence-electron chi connectivity index (χ1n) is 9.81. The number of esters is 2. The molecule has 0 atom stereocenters. The highest BCUT2D eigenvalue weighted by Gasteiger charge is 2.23. The Labute approximate surface area is 166 Å². The van der Waals surface area contributed by atoms with Gasteiger partial charge in [0.05, 0.1) is 24.3 Å². The molecule has 0 spiro atoms. The van der Waals surface area contributed by atoms with Crippen LogP contribution in [0, 0.1) is 0 Å². The van der Waals surface area contributed by atoms with Crippen LogP contribution in [0.25, 0.3) is 0 Å². The molecule has 0 heterocycles. The van der Waals surface area contributed by atoms with E-state index in [9.17, 15) is 9.59 Å². The normalized spacial score (nSPS) is 10.4. The Morgan fingerprint density at radius 3 is 2.07 bits per heavy atom. The van der Waals surface area contributed by atoms with Gasteiger partial charge >= 0.3 is 11.9 Å². The minimum atomic E-state index is -0.525. The predicted octanol–water partition coefficient (Wildman–Crippen LogP) is 5.18. The third kappa shape index (κ3) is 6.41. The molecule has 0 aromatic heterocycles. The molecule has 0 fully saturated rings. The Balaban J connectivity index is 2.24. The van der Waals surface area contributed by atoms with Crippen LogP contribution in [0.2, 0.25) is 0 Å². The lowest BCUT2D eigenvalue weighted by atomic mass is 10.0. The average Bonchev–Trinajstić information content (AvgIpc) is 2.73. The van der Waals surface area contributed by atoms with Crippen LogP contribution in [0.3, 0.4) is 0 Å². The van der Waals surface area contributed by atoms with Crippen LogP contribution in [0.5, 0.6) is 5.75 Å². The number of ether oxygens (including phenoxy) is 3. The van der Waals surface area contributed by atoms with Crippen LogP contribution >= 0.6 is 0 Å². The van der Waals surface area contributed by atoms with E-state index in [1.54, 1.807) is 18.2 Å². The molecule has 0 bridgehead atoms. The Morgan fingerprint density at radius 2 is 1.43 bits per heavy atom. The van der Waals surface area contributed by atoms with Crippen LogP contribution in [-0.2, 0) is 16.1 Å². The Morgan fingerprint density at radius 1 is 0.786 bits per heavy atom. The highest BCUT2D eigenvalue weighted by atomic mass is 16.5. The van der Waals surface area contributed by atoms with E-state index in [0.717, 1.165) is 25.7 Å². The Hall–Kier alpha value is -2.82.